The molecule has 1 atom stereocenters. The average molecular weight is 371 g/mol. The van der Waals surface area contributed by atoms with Crippen LogP contribution in [0.4, 0.5) is 10.5 Å². The molecule has 0 aliphatic carbocycles. The molecule has 2 rings (SSSR count). The lowest BCUT2D eigenvalue weighted by Gasteiger charge is -2.15. The number of hydrogen-bond donors (Lipinski definition) is 1. The van der Waals surface area contributed by atoms with Crippen LogP contribution in [0, 0.1) is 0 Å². The standard InChI is InChI=1S/C20H21NO4S/c1-14(2)19(22)24-13-15(3)25-20(23)21-17-11-7-8-12-18(17)26-16-9-5-4-6-10-16/h4-12,15H,1,13H2,2-3H3,(H,21,23). The largest absolute Gasteiger partial charge is 0.458 e. The van der Waals surface area contributed by atoms with Crippen molar-refractivity contribution in [3.63, 3.8) is 0 Å². The fraction of sp³-hybridized carbons (Fsp3) is 0.200. The van der Waals surface area contributed by atoms with Crippen LogP contribution < -0.4 is 5.32 Å². The minimum absolute atomic E-state index is 0.0282. The maximum atomic E-state index is 12.1. The second-order valence-corrected chi connectivity index (χ2v) is 6.75. The third kappa shape index (κ3) is 6.29. The normalized spacial score (nSPS) is 11.3. The number of carbonyl (C=O) groups is 2. The van der Waals surface area contributed by atoms with Crippen molar-refractivity contribution < 1.29 is 19.1 Å². The van der Waals surface area contributed by atoms with Gasteiger partial charge >= 0.3 is 12.1 Å². The van der Waals surface area contributed by atoms with E-state index >= 15 is 0 Å². The van der Waals surface area contributed by atoms with E-state index in [1.54, 1.807) is 31.7 Å². The summed E-state index contributed by atoms with van der Waals surface area (Å²) in [5.41, 5.74) is 0.950. The van der Waals surface area contributed by atoms with Gasteiger partial charge in [-0.2, -0.15) is 0 Å². The van der Waals surface area contributed by atoms with Crippen LogP contribution in [-0.4, -0.2) is 24.8 Å². The Balaban J connectivity index is 1.92. The Labute approximate surface area is 157 Å². The van der Waals surface area contributed by atoms with Crippen molar-refractivity contribution in [1.29, 1.82) is 0 Å². The summed E-state index contributed by atoms with van der Waals surface area (Å²) in [6.07, 6.45) is -1.18. The predicted octanol–water partition coefficient (Wildman–Crippen LogP) is 4.89. The lowest BCUT2D eigenvalue weighted by Crippen LogP contribution is -2.25. The molecule has 0 aromatic heterocycles. The highest BCUT2D eigenvalue weighted by Crippen LogP contribution is 2.33. The van der Waals surface area contributed by atoms with Crippen LogP contribution in [0.5, 0.6) is 0 Å². The second-order valence-electron chi connectivity index (χ2n) is 5.63. The lowest BCUT2D eigenvalue weighted by atomic mass is 10.3. The summed E-state index contributed by atoms with van der Waals surface area (Å²) in [4.78, 5) is 25.4. The molecular formula is C20H21NO4S. The number of ether oxygens (including phenoxy) is 2. The van der Waals surface area contributed by atoms with Gasteiger partial charge in [0.15, 0.2) is 0 Å². The van der Waals surface area contributed by atoms with Gasteiger partial charge in [-0.15, -0.1) is 0 Å². The number of carbonyl (C=O) groups excluding carboxylic acids is 2. The first kappa shape index (κ1) is 19.6. The van der Waals surface area contributed by atoms with Crippen LogP contribution >= 0.6 is 11.8 Å². The highest BCUT2D eigenvalue weighted by atomic mass is 32.2. The molecule has 136 valence electrons. The van der Waals surface area contributed by atoms with Gasteiger partial charge in [-0.05, 0) is 38.1 Å². The number of hydrogen-bond acceptors (Lipinski definition) is 5. The van der Waals surface area contributed by atoms with Gasteiger partial charge in [0.1, 0.15) is 12.7 Å². The number of esters is 1. The average Bonchev–Trinajstić information content (AvgIpc) is 2.62. The van der Waals surface area contributed by atoms with E-state index in [0.29, 0.717) is 11.3 Å². The molecule has 0 aliphatic rings. The Morgan fingerprint density at radius 2 is 1.77 bits per heavy atom. The summed E-state index contributed by atoms with van der Waals surface area (Å²) in [6.45, 7) is 6.67. The zero-order valence-corrected chi connectivity index (χ0v) is 15.5. The molecule has 1 unspecified atom stereocenters. The molecule has 0 heterocycles. The van der Waals surface area contributed by atoms with Gasteiger partial charge in [-0.3, -0.25) is 5.32 Å². The SMILES string of the molecule is C=C(C)C(=O)OCC(C)OC(=O)Nc1ccccc1Sc1ccccc1. The zero-order valence-electron chi connectivity index (χ0n) is 14.7. The summed E-state index contributed by atoms with van der Waals surface area (Å²) >= 11 is 1.54. The van der Waals surface area contributed by atoms with Gasteiger partial charge in [0.2, 0.25) is 0 Å². The number of rotatable bonds is 7. The Morgan fingerprint density at radius 3 is 2.46 bits per heavy atom. The molecule has 2 aromatic rings. The van der Waals surface area contributed by atoms with Crippen LogP contribution in [0.15, 0.2) is 76.5 Å². The van der Waals surface area contributed by atoms with Crippen molar-refractivity contribution in [2.24, 2.45) is 0 Å². The zero-order chi connectivity index (χ0) is 18.9. The van der Waals surface area contributed by atoms with E-state index in [4.69, 9.17) is 9.47 Å². The molecule has 1 N–H and O–H groups in total. The van der Waals surface area contributed by atoms with Crippen LogP contribution in [0.2, 0.25) is 0 Å². The van der Waals surface area contributed by atoms with Crippen LogP contribution in [0.3, 0.4) is 0 Å². The maximum absolute atomic E-state index is 12.1. The van der Waals surface area contributed by atoms with Crippen molar-refractivity contribution in [2.75, 3.05) is 11.9 Å². The molecular weight excluding hydrogens is 350 g/mol. The van der Waals surface area contributed by atoms with E-state index in [1.165, 1.54) is 0 Å². The molecule has 5 nitrogen and oxygen atoms in total. The number of benzene rings is 2. The van der Waals surface area contributed by atoms with E-state index in [1.807, 2.05) is 48.5 Å². The fourth-order valence-corrected chi connectivity index (χ4v) is 2.87. The smallest absolute Gasteiger partial charge is 0.412 e. The van der Waals surface area contributed by atoms with Gasteiger partial charge in [-0.25, -0.2) is 9.59 Å². The van der Waals surface area contributed by atoms with Crippen molar-refractivity contribution in [3.8, 4) is 0 Å². The molecule has 0 saturated carbocycles. The minimum atomic E-state index is -0.606. The number of nitrogens with one attached hydrogen (secondary N) is 1. The quantitative estimate of drug-likeness (QED) is 0.554. The van der Waals surface area contributed by atoms with E-state index in [-0.39, 0.29) is 6.61 Å². The first-order chi connectivity index (χ1) is 12.5. The molecule has 0 fully saturated rings. The number of para-hydroxylation sites is 1. The molecule has 0 aliphatic heterocycles. The van der Waals surface area contributed by atoms with Crippen LogP contribution in [-0.2, 0) is 14.3 Å². The Hall–Kier alpha value is -2.73. The van der Waals surface area contributed by atoms with E-state index in [2.05, 4.69) is 11.9 Å². The highest BCUT2D eigenvalue weighted by molar-refractivity contribution is 7.99. The summed E-state index contributed by atoms with van der Waals surface area (Å²) in [5, 5.41) is 2.73. The molecule has 0 spiro atoms. The Morgan fingerprint density at radius 1 is 1.12 bits per heavy atom. The van der Waals surface area contributed by atoms with Crippen molar-refractivity contribution in [3.05, 3.63) is 66.7 Å². The summed E-state index contributed by atoms with van der Waals surface area (Å²) in [5.74, 6) is -0.509. The minimum Gasteiger partial charge on any atom is -0.458 e. The highest BCUT2D eigenvalue weighted by Gasteiger charge is 2.14. The molecule has 2 aromatic carbocycles. The molecule has 0 radical (unpaired) electrons. The fourth-order valence-electron chi connectivity index (χ4n) is 1.95. The lowest BCUT2D eigenvalue weighted by molar-refractivity contribution is -0.141. The Bertz CT molecular complexity index is 776. The molecule has 1 amide bonds. The van der Waals surface area contributed by atoms with Gasteiger partial charge in [0.05, 0.1) is 5.69 Å². The number of anilines is 1. The second kappa shape index (κ2) is 9.68. The van der Waals surface area contributed by atoms with Crippen molar-refractivity contribution in [2.45, 2.75) is 29.7 Å². The van der Waals surface area contributed by atoms with E-state index < -0.39 is 18.2 Å². The van der Waals surface area contributed by atoms with Crippen LogP contribution in [0.1, 0.15) is 13.8 Å². The molecule has 0 saturated heterocycles. The summed E-state index contributed by atoms with van der Waals surface area (Å²) in [7, 11) is 0. The maximum Gasteiger partial charge on any atom is 0.412 e. The molecule has 0 bridgehead atoms. The van der Waals surface area contributed by atoms with E-state index in [9.17, 15) is 9.59 Å². The molecule has 26 heavy (non-hydrogen) atoms. The summed E-state index contributed by atoms with van der Waals surface area (Å²) in [6, 6.07) is 17.3. The Kier molecular flexibility index (Phi) is 7.29. The van der Waals surface area contributed by atoms with Crippen molar-refractivity contribution in [1.82, 2.24) is 0 Å². The summed E-state index contributed by atoms with van der Waals surface area (Å²) < 4.78 is 10.2. The van der Waals surface area contributed by atoms with Gasteiger partial charge in [0.25, 0.3) is 0 Å². The third-order valence-corrected chi connectivity index (χ3v) is 4.28. The monoisotopic (exact) mass is 371 g/mol. The van der Waals surface area contributed by atoms with E-state index in [0.717, 1.165) is 9.79 Å². The van der Waals surface area contributed by atoms with Gasteiger partial charge < -0.3 is 9.47 Å². The number of amides is 1. The van der Waals surface area contributed by atoms with Gasteiger partial charge in [0, 0.05) is 15.4 Å². The topological polar surface area (TPSA) is 64.6 Å². The first-order valence-corrected chi connectivity index (χ1v) is 8.89. The van der Waals surface area contributed by atoms with Crippen LogP contribution in [0.25, 0.3) is 0 Å². The predicted molar refractivity (Wildman–Crippen MR) is 102 cm³/mol. The van der Waals surface area contributed by atoms with Gasteiger partial charge in [-0.1, -0.05) is 48.7 Å². The van der Waals surface area contributed by atoms with Crippen molar-refractivity contribution >= 4 is 29.5 Å². The first-order valence-electron chi connectivity index (χ1n) is 8.08. The molecule has 6 heteroatoms. The third-order valence-electron chi connectivity index (χ3n) is 3.20.